The number of hydrogen-bond acceptors (Lipinski definition) is 7. The molecule has 7 atom stereocenters. The lowest BCUT2D eigenvalue weighted by Crippen LogP contribution is -2.57. The highest BCUT2D eigenvalue weighted by Crippen LogP contribution is 2.48. The lowest BCUT2D eigenvalue weighted by Gasteiger charge is -2.38. The summed E-state index contributed by atoms with van der Waals surface area (Å²) in [6.07, 6.45) is 2.32. The van der Waals surface area contributed by atoms with E-state index in [0.29, 0.717) is 24.4 Å². The second-order valence-electron chi connectivity index (χ2n) is 9.69. The van der Waals surface area contributed by atoms with Crippen molar-refractivity contribution < 1.29 is 18.0 Å². The Kier molecular flexibility index (Phi) is 5.25. The van der Waals surface area contributed by atoms with Crippen LogP contribution in [0.4, 0.5) is 0 Å². The van der Waals surface area contributed by atoms with Crippen molar-refractivity contribution in [2.24, 2.45) is 16.8 Å². The molecule has 1 aromatic carbocycles. The Morgan fingerprint density at radius 1 is 1.30 bits per heavy atom. The van der Waals surface area contributed by atoms with E-state index in [0.717, 1.165) is 12.8 Å². The Morgan fingerprint density at radius 2 is 2.06 bits per heavy atom. The number of sulfonamides is 1. The molecular formula is C22H28N6O4S. The third-order valence-electron chi connectivity index (χ3n) is 7.66. The van der Waals surface area contributed by atoms with Crippen molar-refractivity contribution in [3.63, 3.8) is 0 Å². The SMILES string of the molecule is C[C@H](c1cccc(S(N)(=O)=O)c1)N1C(=O)[C@H]2C[C@@H]1CN2C[C@H](N)C(=O)N1[C@H](C#N)CC2C[C@@H]21. The predicted molar refractivity (Wildman–Crippen MR) is 118 cm³/mol. The molecule has 1 unspecified atom stereocenters. The number of piperidine rings is 1. The number of benzene rings is 1. The highest BCUT2D eigenvalue weighted by Gasteiger charge is 2.56. The van der Waals surface area contributed by atoms with Gasteiger partial charge in [-0.3, -0.25) is 14.5 Å². The van der Waals surface area contributed by atoms with Crippen LogP contribution < -0.4 is 10.9 Å². The molecule has 3 aliphatic heterocycles. The van der Waals surface area contributed by atoms with Gasteiger partial charge in [0.25, 0.3) is 0 Å². The second-order valence-corrected chi connectivity index (χ2v) is 11.3. The number of likely N-dealkylation sites (tertiary alicyclic amines) is 3. The van der Waals surface area contributed by atoms with Gasteiger partial charge in [0.1, 0.15) is 6.04 Å². The zero-order valence-corrected chi connectivity index (χ0v) is 19.2. The summed E-state index contributed by atoms with van der Waals surface area (Å²) in [4.78, 5) is 31.6. The molecule has 1 saturated carbocycles. The first kappa shape index (κ1) is 22.3. The van der Waals surface area contributed by atoms with Gasteiger partial charge in [0.2, 0.25) is 21.8 Å². The third-order valence-corrected chi connectivity index (χ3v) is 8.57. The largest absolute Gasteiger partial charge is 0.330 e. The Labute approximate surface area is 193 Å². The van der Waals surface area contributed by atoms with Crippen LogP contribution in [0.2, 0.25) is 0 Å². The number of hydrogen-bond donors (Lipinski definition) is 2. The number of nitrogens with two attached hydrogens (primary N) is 2. The van der Waals surface area contributed by atoms with Gasteiger partial charge in [0, 0.05) is 25.2 Å². The monoisotopic (exact) mass is 472 g/mol. The summed E-state index contributed by atoms with van der Waals surface area (Å²) >= 11 is 0. The molecule has 0 radical (unpaired) electrons. The van der Waals surface area contributed by atoms with Gasteiger partial charge in [-0.05, 0) is 49.8 Å². The minimum absolute atomic E-state index is 0.0188. The van der Waals surface area contributed by atoms with E-state index in [1.54, 1.807) is 21.9 Å². The molecule has 4 aliphatic rings. The van der Waals surface area contributed by atoms with Crippen molar-refractivity contribution in [1.29, 1.82) is 5.26 Å². The summed E-state index contributed by atoms with van der Waals surface area (Å²) in [5.41, 5.74) is 6.96. The van der Waals surface area contributed by atoms with Crippen LogP contribution in [0.1, 0.15) is 37.8 Å². The quantitative estimate of drug-likeness (QED) is 0.567. The minimum atomic E-state index is -3.83. The van der Waals surface area contributed by atoms with Crippen LogP contribution in [-0.2, 0) is 19.6 Å². The number of amides is 2. The Morgan fingerprint density at radius 3 is 2.73 bits per heavy atom. The maximum absolute atomic E-state index is 13.2. The number of nitriles is 1. The van der Waals surface area contributed by atoms with Gasteiger partial charge in [-0.1, -0.05) is 12.1 Å². The van der Waals surface area contributed by atoms with Crippen LogP contribution in [0, 0.1) is 17.2 Å². The van der Waals surface area contributed by atoms with Crippen molar-refractivity contribution in [3.05, 3.63) is 29.8 Å². The van der Waals surface area contributed by atoms with E-state index in [9.17, 15) is 23.3 Å². The van der Waals surface area contributed by atoms with Gasteiger partial charge in [-0.2, -0.15) is 5.26 Å². The summed E-state index contributed by atoms with van der Waals surface area (Å²) < 4.78 is 23.4. The number of rotatable bonds is 6. The van der Waals surface area contributed by atoms with Crippen molar-refractivity contribution in [1.82, 2.24) is 14.7 Å². The standard InChI is InChI=1S/C22H28N6O4S/c1-12(13-3-2-4-17(6-13)33(25,31)32)27-16-8-20(22(27)30)26(10-16)11-18(24)21(29)28-15(9-23)5-14-7-19(14)28/h2-4,6,12,14-16,18-20H,5,7-8,10-11,24H2,1H3,(H2,25,31,32)/t12-,14?,15+,16-,18+,19+,20-/m1/s1. The number of piperazine rings is 1. The summed E-state index contributed by atoms with van der Waals surface area (Å²) in [7, 11) is -3.83. The van der Waals surface area contributed by atoms with Crippen LogP contribution in [0.3, 0.4) is 0 Å². The molecule has 176 valence electrons. The fourth-order valence-corrected chi connectivity index (χ4v) is 6.49. The maximum atomic E-state index is 13.2. The van der Waals surface area contributed by atoms with Gasteiger partial charge in [-0.25, -0.2) is 13.6 Å². The van der Waals surface area contributed by atoms with Gasteiger partial charge >= 0.3 is 0 Å². The number of carbonyl (C=O) groups excluding carboxylic acids is 2. The van der Waals surface area contributed by atoms with Crippen LogP contribution in [0.15, 0.2) is 29.2 Å². The Hall–Kier alpha value is -2.52. The molecule has 3 saturated heterocycles. The number of fused-ring (bicyclic) bond motifs is 3. The van der Waals surface area contributed by atoms with E-state index in [1.165, 1.54) is 12.1 Å². The summed E-state index contributed by atoms with van der Waals surface area (Å²) in [6.45, 7) is 2.76. The molecule has 33 heavy (non-hydrogen) atoms. The molecule has 3 heterocycles. The average Bonchev–Trinajstić information content (AvgIpc) is 3.11. The van der Waals surface area contributed by atoms with Crippen molar-refractivity contribution >= 4 is 21.8 Å². The first-order valence-corrected chi connectivity index (χ1v) is 12.8. The molecule has 2 bridgehead atoms. The van der Waals surface area contributed by atoms with Crippen LogP contribution in [0.25, 0.3) is 0 Å². The fraction of sp³-hybridized carbons (Fsp3) is 0.591. The lowest BCUT2D eigenvalue weighted by atomic mass is 10.1. The van der Waals surface area contributed by atoms with Gasteiger partial charge in [0.15, 0.2) is 0 Å². The topological polar surface area (TPSA) is 154 Å². The van der Waals surface area contributed by atoms with E-state index < -0.39 is 22.1 Å². The first-order valence-electron chi connectivity index (χ1n) is 11.3. The predicted octanol–water partition coefficient (Wildman–Crippen LogP) is -0.480. The number of primary sulfonamides is 1. The van der Waals surface area contributed by atoms with E-state index in [-0.39, 0.29) is 47.4 Å². The number of carbonyl (C=O) groups is 2. The normalized spacial score (nSPS) is 32.5. The molecular weight excluding hydrogens is 444 g/mol. The zero-order chi connectivity index (χ0) is 23.7. The smallest absolute Gasteiger partial charge is 0.242 e. The molecule has 1 aromatic rings. The molecule has 0 spiro atoms. The molecule has 4 fully saturated rings. The second kappa shape index (κ2) is 7.77. The maximum Gasteiger partial charge on any atom is 0.242 e. The van der Waals surface area contributed by atoms with Crippen molar-refractivity contribution in [3.8, 4) is 6.07 Å². The van der Waals surface area contributed by atoms with Gasteiger partial charge in [0.05, 0.1) is 29.1 Å². The summed E-state index contributed by atoms with van der Waals surface area (Å²) in [5, 5.41) is 14.6. The van der Waals surface area contributed by atoms with E-state index in [4.69, 9.17) is 10.9 Å². The molecule has 2 amide bonds. The van der Waals surface area contributed by atoms with E-state index in [1.807, 2.05) is 11.8 Å². The molecule has 5 rings (SSSR count). The summed E-state index contributed by atoms with van der Waals surface area (Å²) in [6, 6.07) is 6.86. The fourth-order valence-electron chi connectivity index (χ4n) is 5.92. The van der Waals surface area contributed by atoms with Gasteiger partial charge < -0.3 is 15.5 Å². The molecule has 0 aromatic heterocycles. The first-order chi connectivity index (χ1) is 15.6. The van der Waals surface area contributed by atoms with Gasteiger partial charge in [-0.15, -0.1) is 0 Å². The van der Waals surface area contributed by atoms with Crippen LogP contribution in [0.5, 0.6) is 0 Å². The molecule has 1 aliphatic carbocycles. The van der Waals surface area contributed by atoms with Crippen LogP contribution >= 0.6 is 0 Å². The van der Waals surface area contributed by atoms with E-state index >= 15 is 0 Å². The van der Waals surface area contributed by atoms with Crippen molar-refractivity contribution in [2.45, 2.75) is 67.3 Å². The molecule has 10 nitrogen and oxygen atoms in total. The van der Waals surface area contributed by atoms with E-state index in [2.05, 4.69) is 6.07 Å². The highest BCUT2D eigenvalue weighted by molar-refractivity contribution is 7.89. The third kappa shape index (κ3) is 3.71. The Balaban J connectivity index is 1.25. The zero-order valence-electron chi connectivity index (χ0n) is 18.4. The Bertz CT molecular complexity index is 1150. The highest BCUT2D eigenvalue weighted by atomic mass is 32.2. The van der Waals surface area contributed by atoms with Crippen molar-refractivity contribution in [2.75, 3.05) is 13.1 Å². The minimum Gasteiger partial charge on any atom is -0.330 e. The molecule has 4 N–H and O–H groups in total. The van der Waals surface area contributed by atoms with Crippen LogP contribution in [-0.4, -0.2) is 78.2 Å². The summed E-state index contributed by atoms with van der Waals surface area (Å²) in [5.74, 6) is 0.183. The lowest BCUT2D eigenvalue weighted by molar-refractivity contribution is -0.141. The number of nitrogens with zero attached hydrogens (tertiary/aromatic N) is 4. The average molecular weight is 473 g/mol. The molecule has 11 heteroatoms.